The number of rotatable bonds is 8. The summed E-state index contributed by atoms with van der Waals surface area (Å²) in [6.07, 6.45) is 2.92. The highest BCUT2D eigenvalue weighted by molar-refractivity contribution is 7.16. The van der Waals surface area contributed by atoms with Crippen molar-refractivity contribution in [2.24, 2.45) is 4.99 Å². The number of halogens is 1. The number of ether oxygens (including phenoxy) is 4. The van der Waals surface area contributed by atoms with Crippen molar-refractivity contribution in [3.05, 3.63) is 51.8 Å². The SMILES string of the molecule is CCOC(=O)Cn1c(=NC(=O)/C=C\c2cc(OC)c(OC)c(OC)c2)sc2cc(Cl)ccc21. The van der Waals surface area contributed by atoms with E-state index in [9.17, 15) is 9.59 Å². The molecule has 0 aliphatic carbocycles. The van der Waals surface area contributed by atoms with Crippen molar-refractivity contribution < 1.29 is 28.5 Å². The number of methoxy groups -OCH3 is 3. The molecule has 0 aliphatic heterocycles. The van der Waals surface area contributed by atoms with Gasteiger partial charge in [0.25, 0.3) is 5.91 Å². The van der Waals surface area contributed by atoms with Gasteiger partial charge in [0, 0.05) is 11.1 Å². The normalized spacial score (nSPS) is 11.7. The number of aromatic nitrogens is 1. The lowest BCUT2D eigenvalue weighted by Gasteiger charge is -2.12. The van der Waals surface area contributed by atoms with Gasteiger partial charge in [-0.2, -0.15) is 4.99 Å². The molecule has 0 saturated heterocycles. The molecule has 0 N–H and O–H groups in total. The van der Waals surface area contributed by atoms with Crippen LogP contribution in [0.15, 0.2) is 41.4 Å². The average Bonchev–Trinajstić information content (AvgIpc) is 3.12. The topological polar surface area (TPSA) is 88.4 Å². The van der Waals surface area contributed by atoms with E-state index in [2.05, 4.69) is 4.99 Å². The minimum Gasteiger partial charge on any atom is -0.493 e. The van der Waals surface area contributed by atoms with E-state index in [4.69, 9.17) is 30.5 Å². The van der Waals surface area contributed by atoms with Gasteiger partial charge in [-0.25, -0.2) is 0 Å². The lowest BCUT2D eigenvalue weighted by Crippen LogP contribution is -2.22. The quantitative estimate of drug-likeness (QED) is 0.349. The second-order valence-corrected chi connectivity index (χ2v) is 8.08. The standard InChI is InChI=1S/C23H23ClN2O6S/c1-5-32-21(28)13-26-16-8-7-15(24)12-19(16)33-23(26)25-20(27)9-6-14-10-17(29-2)22(31-4)18(11-14)30-3/h6-12H,5,13H2,1-4H3/b9-6-,25-23?. The molecular formula is C23H23ClN2O6S. The molecule has 1 aromatic heterocycles. The average molecular weight is 491 g/mol. The van der Waals surface area contributed by atoms with E-state index in [0.29, 0.717) is 32.6 Å². The van der Waals surface area contributed by atoms with Crippen molar-refractivity contribution in [2.75, 3.05) is 27.9 Å². The third-order valence-electron chi connectivity index (χ3n) is 4.55. The smallest absolute Gasteiger partial charge is 0.326 e. The Bertz CT molecular complexity index is 1250. The maximum Gasteiger partial charge on any atom is 0.326 e. The van der Waals surface area contributed by atoms with Gasteiger partial charge < -0.3 is 23.5 Å². The minimum atomic E-state index is -0.501. The summed E-state index contributed by atoms with van der Waals surface area (Å²) in [6.45, 7) is 1.92. The molecule has 3 rings (SSSR count). The summed E-state index contributed by atoms with van der Waals surface area (Å²) >= 11 is 7.36. The number of hydrogen-bond donors (Lipinski definition) is 0. The van der Waals surface area contributed by atoms with Crippen molar-refractivity contribution in [1.29, 1.82) is 0 Å². The highest BCUT2D eigenvalue weighted by Crippen LogP contribution is 2.38. The van der Waals surface area contributed by atoms with Crippen LogP contribution in [0, 0.1) is 0 Å². The van der Waals surface area contributed by atoms with Gasteiger partial charge in [-0.15, -0.1) is 0 Å². The molecule has 0 unspecified atom stereocenters. The predicted molar refractivity (Wildman–Crippen MR) is 127 cm³/mol. The Balaban J connectivity index is 1.98. The summed E-state index contributed by atoms with van der Waals surface area (Å²) in [4.78, 5) is 29.3. The fraction of sp³-hybridized carbons (Fsp3) is 0.261. The van der Waals surface area contributed by atoms with E-state index in [0.717, 1.165) is 10.2 Å². The zero-order chi connectivity index (χ0) is 24.0. The number of amides is 1. The molecule has 33 heavy (non-hydrogen) atoms. The third-order valence-corrected chi connectivity index (χ3v) is 5.82. The molecule has 1 amide bonds. The third kappa shape index (κ3) is 5.74. The molecule has 8 nitrogen and oxygen atoms in total. The van der Waals surface area contributed by atoms with Crippen molar-refractivity contribution in [3.8, 4) is 17.2 Å². The van der Waals surface area contributed by atoms with E-state index in [1.807, 2.05) is 0 Å². The number of esters is 1. The second-order valence-electron chi connectivity index (χ2n) is 6.63. The van der Waals surface area contributed by atoms with Gasteiger partial charge in [0.1, 0.15) is 6.54 Å². The first kappa shape index (κ1) is 24.3. The number of carbonyl (C=O) groups is 2. The second kappa shape index (κ2) is 11.0. The Hall–Kier alpha value is -3.30. The first-order valence-electron chi connectivity index (χ1n) is 9.91. The maximum absolute atomic E-state index is 12.6. The van der Waals surface area contributed by atoms with Crippen LogP contribution in [0.1, 0.15) is 12.5 Å². The van der Waals surface area contributed by atoms with E-state index in [-0.39, 0.29) is 13.2 Å². The van der Waals surface area contributed by atoms with Crippen LogP contribution in [0.3, 0.4) is 0 Å². The molecule has 2 aromatic carbocycles. The zero-order valence-corrected chi connectivity index (χ0v) is 20.2. The molecular weight excluding hydrogens is 468 g/mol. The number of thiazole rings is 1. The fourth-order valence-electron chi connectivity index (χ4n) is 3.12. The van der Waals surface area contributed by atoms with E-state index < -0.39 is 11.9 Å². The van der Waals surface area contributed by atoms with Crippen molar-refractivity contribution in [2.45, 2.75) is 13.5 Å². The summed E-state index contributed by atoms with van der Waals surface area (Å²) in [5, 5.41) is 0.548. The summed E-state index contributed by atoms with van der Waals surface area (Å²) < 4.78 is 23.5. The van der Waals surface area contributed by atoms with Gasteiger partial charge in [-0.3, -0.25) is 9.59 Å². The van der Waals surface area contributed by atoms with Gasteiger partial charge in [0.2, 0.25) is 5.75 Å². The number of nitrogens with zero attached hydrogens (tertiary/aromatic N) is 2. The molecule has 0 radical (unpaired) electrons. The van der Waals surface area contributed by atoms with Gasteiger partial charge in [-0.05, 0) is 48.9 Å². The van der Waals surface area contributed by atoms with Crippen LogP contribution < -0.4 is 19.0 Å². The molecule has 10 heteroatoms. The first-order valence-corrected chi connectivity index (χ1v) is 11.1. The summed E-state index contributed by atoms with van der Waals surface area (Å²) in [5.41, 5.74) is 1.40. The Morgan fingerprint density at radius 3 is 2.39 bits per heavy atom. The Labute approximate surface area is 199 Å². The summed E-state index contributed by atoms with van der Waals surface area (Å²) in [6, 6.07) is 8.69. The van der Waals surface area contributed by atoms with Crippen LogP contribution in [0.25, 0.3) is 16.3 Å². The number of carbonyl (C=O) groups excluding carboxylic acids is 2. The van der Waals surface area contributed by atoms with Crippen LogP contribution >= 0.6 is 22.9 Å². The van der Waals surface area contributed by atoms with Gasteiger partial charge in [0.05, 0.1) is 38.2 Å². The van der Waals surface area contributed by atoms with E-state index in [1.165, 1.54) is 38.7 Å². The number of hydrogen-bond acceptors (Lipinski definition) is 7. The fourth-order valence-corrected chi connectivity index (χ4v) is 4.43. The molecule has 0 fully saturated rings. The molecule has 0 aliphatic rings. The van der Waals surface area contributed by atoms with Crippen molar-refractivity contribution >= 4 is 51.1 Å². The highest BCUT2D eigenvalue weighted by Gasteiger charge is 2.14. The molecule has 3 aromatic rings. The van der Waals surface area contributed by atoms with Crippen LogP contribution in [0.4, 0.5) is 0 Å². The predicted octanol–water partition coefficient (Wildman–Crippen LogP) is 4.09. The molecule has 0 atom stereocenters. The maximum atomic E-state index is 12.6. The Morgan fingerprint density at radius 1 is 1.09 bits per heavy atom. The van der Waals surface area contributed by atoms with Crippen molar-refractivity contribution in [1.82, 2.24) is 4.57 Å². The van der Waals surface area contributed by atoms with E-state index in [1.54, 1.807) is 47.9 Å². The Morgan fingerprint density at radius 2 is 1.79 bits per heavy atom. The molecule has 174 valence electrons. The van der Waals surface area contributed by atoms with Crippen LogP contribution in [0.2, 0.25) is 5.02 Å². The number of benzene rings is 2. The lowest BCUT2D eigenvalue weighted by atomic mass is 10.1. The van der Waals surface area contributed by atoms with Crippen LogP contribution in [-0.4, -0.2) is 44.4 Å². The van der Waals surface area contributed by atoms with Gasteiger partial charge >= 0.3 is 5.97 Å². The summed E-state index contributed by atoms with van der Waals surface area (Å²) in [7, 11) is 4.55. The number of fused-ring (bicyclic) bond motifs is 1. The van der Waals surface area contributed by atoms with E-state index >= 15 is 0 Å². The molecule has 0 spiro atoms. The first-order chi connectivity index (χ1) is 15.9. The van der Waals surface area contributed by atoms with Gasteiger partial charge in [0.15, 0.2) is 16.3 Å². The zero-order valence-electron chi connectivity index (χ0n) is 18.6. The molecule has 0 bridgehead atoms. The van der Waals surface area contributed by atoms with Crippen molar-refractivity contribution in [3.63, 3.8) is 0 Å². The minimum absolute atomic E-state index is 0.0713. The van der Waals surface area contributed by atoms with Crippen LogP contribution in [0.5, 0.6) is 17.2 Å². The largest absolute Gasteiger partial charge is 0.493 e. The highest BCUT2D eigenvalue weighted by atomic mass is 35.5. The van der Waals surface area contributed by atoms with Crippen LogP contribution in [-0.2, 0) is 20.9 Å². The summed E-state index contributed by atoms with van der Waals surface area (Å²) in [5.74, 6) is 0.467. The monoisotopic (exact) mass is 490 g/mol. The molecule has 1 heterocycles. The molecule has 0 saturated carbocycles. The lowest BCUT2D eigenvalue weighted by molar-refractivity contribution is -0.143. The Kier molecular flexibility index (Phi) is 8.13. The van der Waals surface area contributed by atoms with Gasteiger partial charge in [-0.1, -0.05) is 22.9 Å².